The number of hydrogen-bond acceptors (Lipinski definition) is 4. The number of anilines is 1. The average molecular weight is 564 g/mol. The minimum atomic E-state index is -4.08. The molecule has 214 valence electrons. The Hall–Kier alpha value is -3.65. The number of carbonyl (C=O) groups is 2. The van der Waals surface area contributed by atoms with E-state index in [1.54, 1.807) is 30.3 Å². The summed E-state index contributed by atoms with van der Waals surface area (Å²) in [5.41, 5.74) is 4.07. The van der Waals surface area contributed by atoms with Crippen LogP contribution in [-0.2, 0) is 26.2 Å². The predicted octanol–water partition coefficient (Wildman–Crippen LogP) is 5.53. The lowest BCUT2D eigenvalue weighted by atomic mass is 10.1. The van der Waals surface area contributed by atoms with Crippen molar-refractivity contribution in [3.63, 3.8) is 0 Å². The fraction of sp³-hybridized carbons (Fsp3) is 0.375. The molecule has 3 rings (SSSR count). The Morgan fingerprint density at radius 2 is 1.50 bits per heavy atom. The Morgan fingerprint density at radius 3 is 2.10 bits per heavy atom. The van der Waals surface area contributed by atoms with Gasteiger partial charge in [-0.05, 0) is 80.1 Å². The number of amides is 2. The number of unbranched alkanes of at least 4 members (excludes halogenated alkanes) is 1. The lowest BCUT2D eigenvalue weighted by molar-refractivity contribution is -0.140. The fourth-order valence-electron chi connectivity index (χ4n) is 4.74. The summed E-state index contributed by atoms with van der Waals surface area (Å²) in [6, 6.07) is 20.6. The lowest BCUT2D eigenvalue weighted by Crippen LogP contribution is -2.52. The molecule has 0 heterocycles. The van der Waals surface area contributed by atoms with Gasteiger partial charge in [0, 0.05) is 13.1 Å². The van der Waals surface area contributed by atoms with Gasteiger partial charge in [0.05, 0.1) is 10.6 Å². The highest BCUT2D eigenvalue weighted by Gasteiger charge is 2.33. The molecule has 0 aliphatic rings. The normalized spacial score (nSPS) is 12.0. The largest absolute Gasteiger partial charge is 0.354 e. The Labute approximate surface area is 239 Å². The van der Waals surface area contributed by atoms with Gasteiger partial charge < -0.3 is 10.2 Å². The van der Waals surface area contributed by atoms with Gasteiger partial charge in [0.2, 0.25) is 11.8 Å². The second kappa shape index (κ2) is 14.1. The maximum atomic E-state index is 14.2. The minimum absolute atomic E-state index is 0.0942. The molecule has 2 amide bonds. The first-order valence-corrected chi connectivity index (χ1v) is 15.3. The molecule has 0 fully saturated rings. The predicted molar refractivity (Wildman–Crippen MR) is 161 cm³/mol. The average Bonchev–Trinajstić information content (AvgIpc) is 2.92. The molecule has 0 saturated heterocycles. The summed E-state index contributed by atoms with van der Waals surface area (Å²) in [6.07, 6.45) is 2.17. The number of carbonyl (C=O) groups excluding carboxylic acids is 2. The Morgan fingerprint density at radius 1 is 0.875 bits per heavy atom. The van der Waals surface area contributed by atoms with Gasteiger partial charge in [-0.1, -0.05) is 68.8 Å². The molecule has 3 aromatic rings. The van der Waals surface area contributed by atoms with Crippen LogP contribution < -0.4 is 9.62 Å². The van der Waals surface area contributed by atoms with Crippen molar-refractivity contribution in [2.45, 2.75) is 71.4 Å². The number of rotatable bonds is 13. The number of benzene rings is 3. The molecule has 0 unspecified atom stereocenters. The highest BCUT2D eigenvalue weighted by molar-refractivity contribution is 7.92. The van der Waals surface area contributed by atoms with Gasteiger partial charge in [-0.2, -0.15) is 0 Å². The van der Waals surface area contributed by atoms with Crippen molar-refractivity contribution in [2.75, 3.05) is 17.4 Å². The van der Waals surface area contributed by atoms with Gasteiger partial charge in [-0.3, -0.25) is 13.9 Å². The van der Waals surface area contributed by atoms with Gasteiger partial charge in [0.1, 0.15) is 12.6 Å². The zero-order valence-electron chi connectivity index (χ0n) is 24.2. The Bertz CT molecular complexity index is 1390. The molecular formula is C32H41N3O4S. The van der Waals surface area contributed by atoms with Crippen LogP contribution in [0.2, 0.25) is 0 Å². The summed E-state index contributed by atoms with van der Waals surface area (Å²) in [5, 5.41) is 2.96. The molecule has 0 aliphatic carbocycles. The van der Waals surface area contributed by atoms with Crippen LogP contribution in [-0.4, -0.2) is 44.3 Å². The summed E-state index contributed by atoms with van der Waals surface area (Å²) < 4.78 is 29.1. The molecule has 7 nitrogen and oxygen atoms in total. The van der Waals surface area contributed by atoms with Crippen LogP contribution in [0.4, 0.5) is 5.69 Å². The zero-order valence-corrected chi connectivity index (χ0v) is 25.0. The first-order valence-electron chi connectivity index (χ1n) is 13.9. The second-order valence-corrected chi connectivity index (χ2v) is 12.0. The van der Waals surface area contributed by atoms with Crippen molar-refractivity contribution in [1.82, 2.24) is 10.2 Å². The molecule has 3 aromatic carbocycles. The van der Waals surface area contributed by atoms with Gasteiger partial charge in [0.15, 0.2) is 0 Å². The van der Waals surface area contributed by atoms with E-state index in [1.165, 1.54) is 17.0 Å². The van der Waals surface area contributed by atoms with Gasteiger partial charge >= 0.3 is 0 Å². The first kappa shape index (κ1) is 30.9. The van der Waals surface area contributed by atoms with Gasteiger partial charge in [-0.25, -0.2) is 8.42 Å². The van der Waals surface area contributed by atoms with Crippen molar-refractivity contribution in [2.24, 2.45) is 0 Å². The molecule has 1 atom stereocenters. The number of aryl methyl sites for hydroxylation is 3. The summed E-state index contributed by atoms with van der Waals surface area (Å²) in [5.74, 6) is -0.679. The third kappa shape index (κ3) is 7.72. The molecule has 0 saturated carbocycles. The minimum Gasteiger partial charge on any atom is -0.354 e. The van der Waals surface area contributed by atoms with Gasteiger partial charge in [0.25, 0.3) is 10.0 Å². The number of hydrogen-bond donors (Lipinski definition) is 1. The highest BCUT2D eigenvalue weighted by Crippen LogP contribution is 2.27. The van der Waals surface area contributed by atoms with E-state index >= 15 is 0 Å². The second-order valence-electron chi connectivity index (χ2n) is 10.2. The van der Waals surface area contributed by atoms with E-state index in [2.05, 4.69) is 5.32 Å². The Balaban J connectivity index is 2.07. The first-order chi connectivity index (χ1) is 19.1. The number of sulfonamides is 1. The van der Waals surface area contributed by atoms with Crippen molar-refractivity contribution in [3.8, 4) is 0 Å². The van der Waals surface area contributed by atoms with Crippen molar-refractivity contribution >= 4 is 27.5 Å². The maximum absolute atomic E-state index is 14.2. The van der Waals surface area contributed by atoms with Gasteiger partial charge in [-0.15, -0.1) is 0 Å². The van der Waals surface area contributed by atoms with Crippen molar-refractivity contribution < 1.29 is 18.0 Å². The van der Waals surface area contributed by atoms with E-state index in [1.807, 2.05) is 65.0 Å². The molecule has 40 heavy (non-hydrogen) atoms. The van der Waals surface area contributed by atoms with E-state index in [-0.39, 0.29) is 17.3 Å². The molecular weight excluding hydrogens is 522 g/mol. The van der Waals surface area contributed by atoms with Crippen LogP contribution in [0, 0.1) is 20.8 Å². The number of nitrogens with zero attached hydrogens (tertiary/aromatic N) is 2. The van der Waals surface area contributed by atoms with E-state index in [0.717, 1.165) is 39.4 Å². The monoisotopic (exact) mass is 563 g/mol. The van der Waals surface area contributed by atoms with Crippen LogP contribution in [0.1, 0.15) is 55.4 Å². The molecule has 0 spiro atoms. The molecule has 0 aromatic heterocycles. The maximum Gasteiger partial charge on any atom is 0.264 e. The van der Waals surface area contributed by atoms with Crippen molar-refractivity contribution in [1.29, 1.82) is 0 Å². The topological polar surface area (TPSA) is 86.8 Å². The molecule has 8 heteroatoms. The van der Waals surface area contributed by atoms with Crippen LogP contribution in [0.25, 0.3) is 0 Å². The fourth-order valence-corrected chi connectivity index (χ4v) is 6.16. The SMILES string of the molecule is CCCCNC(=O)[C@H](CC)N(Cc1ccccc1C)C(=O)CN(c1cc(C)cc(C)c1)S(=O)(=O)c1ccccc1. The molecule has 0 bridgehead atoms. The highest BCUT2D eigenvalue weighted by atomic mass is 32.2. The van der Waals surface area contributed by atoms with Crippen molar-refractivity contribution in [3.05, 3.63) is 95.1 Å². The summed E-state index contributed by atoms with van der Waals surface area (Å²) in [4.78, 5) is 29.1. The summed E-state index contributed by atoms with van der Waals surface area (Å²) in [6.45, 7) is 9.93. The van der Waals surface area contributed by atoms with Crippen LogP contribution in [0.15, 0.2) is 77.7 Å². The third-order valence-corrected chi connectivity index (χ3v) is 8.71. The standard InChI is InChI=1S/C32H41N3O4S/c1-6-8-18-33-32(37)30(7-2)34(22-27-15-13-12-14-26(27)5)31(36)23-35(28-20-24(3)19-25(4)21-28)40(38,39)29-16-10-9-11-17-29/h9-17,19-21,30H,6-8,18,22-23H2,1-5H3,(H,33,37)/t30-/m0/s1. The van der Waals surface area contributed by atoms with E-state index in [0.29, 0.717) is 18.7 Å². The third-order valence-electron chi connectivity index (χ3n) is 6.92. The quantitative estimate of drug-likeness (QED) is 0.277. The molecule has 1 N–H and O–H groups in total. The van der Waals surface area contributed by atoms with E-state index < -0.39 is 28.5 Å². The summed E-state index contributed by atoms with van der Waals surface area (Å²) >= 11 is 0. The molecule has 0 radical (unpaired) electrons. The van der Waals surface area contributed by atoms with Crippen LogP contribution in [0.5, 0.6) is 0 Å². The molecule has 0 aliphatic heterocycles. The van der Waals surface area contributed by atoms with Crippen LogP contribution >= 0.6 is 0 Å². The Kier molecular flexibility index (Phi) is 10.9. The zero-order chi connectivity index (χ0) is 29.3. The van der Waals surface area contributed by atoms with Crippen LogP contribution in [0.3, 0.4) is 0 Å². The van der Waals surface area contributed by atoms with E-state index in [9.17, 15) is 18.0 Å². The smallest absolute Gasteiger partial charge is 0.264 e. The van der Waals surface area contributed by atoms with E-state index in [4.69, 9.17) is 0 Å². The lowest BCUT2D eigenvalue weighted by Gasteiger charge is -2.33. The summed E-state index contributed by atoms with van der Waals surface area (Å²) in [7, 11) is -4.08. The number of nitrogens with one attached hydrogen (secondary N) is 1.